The van der Waals surface area contributed by atoms with Gasteiger partial charge in [0.1, 0.15) is 0 Å². The van der Waals surface area contributed by atoms with Gasteiger partial charge in [0.15, 0.2) is 0 Å². The van der Waals surface area contributed by atoms with Crippen molar-refractivity contribution >= 4 is 11.6 Å². The molecule has 1 amide bonds. The Bertz CT molecular complexity index is 380. The monoisotopic (exact) mass is 232 g/mol. The molecule has 1 unspecified atom stereocenters. The first-order valence-electron chi connectivity index (χ1n) is 6.22. The molecule has 0 saturated carbocycles. The third-order valence-corrected chi connectivity index (χ3v) is 3.78. The molecule has 0 spiro atoms. The standard InChI is InChI=1S/C14H20N2O/c1-11(2)14(8-9-15-10-14)13(17)16-12-6-4-3-5-7-12/h3-7,11,15H,8-10H2,1-2H3,(H,16,17). The van der Waals surface area contributed by atoms with Gasteiger partial charge in [-0.2, -0.15) is 0 Å². The van der Waals surface area contributed by atoms with E-state index in [9.17, 15) is 4.79 Å². The molecule has 1 aromatic rings. The van der Waals surface area contributed by atoms with E-state index in [2.05, 4.69) is 24.5 Å². The van der Waals surface area contributed by atoms with Crippen molar-refractivity contribution in [3.05, 3.63) is 30.3 Å². The fourth-order valence-corrected chi connectivity index (χ4v) is 2.44. The number of nitrogens with one attached hydrogen (secondary N) is 2. The zero-order valence-electron chi connectivity index (χ0n) is 10.5. The first kappa shape index (κ1) is 12.1. The maximum absolute atomic E-state index is 12.4. The highest BCUT2D eigenvalue weighted by Crippen LogP contribution is 2.35. The summed E-state index contributed by atoms with van der Waals surface area (Å²) in [5.74, 6) is 0.491. The summed E-state index contributed by atoms with van der Waals surface area (Å²) in [7, 11) is 0. The number of rotatable bonds is 3. The minimum Gasteiger partial charge on any atom is -0.326 e. The van der Waals surface area contributed by atoms with E-state index < -0.39 is 0 Å². The predicted molar refractivity (Wildman–Crippen MR) is 69.8 cm³/mol. The molecule has 1 aliphatic rings. The van der Waals surface area contributed by atoms with E-state index in [4.69, 9.17) is 0 Å². The second-order valence-electron chi connectivity index (χ2n) is 5.06. The Balaban J connectivity index is 2.13. The van der Waals surface area contributed by atoms with Gasteiger partial charge in [0.05, 0.1) is 5.41 Å². The number of benzene rings is 1. The lowest BCUT2D eigenvalue weighted by Crippen LogP contribution is -2.42. The molecule has 0 aromatic heterocycles. The fraction of sp³-hybridized carbons (Fsp3) is 0.500. The minimum atomic E-state index is -0.254. The summed E-state index contributed by atoms with van der Waals surface area (Å²) in [5.41, 5.74) is 0.625. The van der Waals surface area contributed by atoms with E-state index >= 15 is 0 Å². The van der Waals surface area contributed by atoms with Crippen LogP contribution in [0.4, 0.5) is 5.69 Å². The summed E-state index contributed by atoms with van der Waals surface area (Å²) in [6, 6.07) is 9.67. The van der Waals surface area contributed by atoms with E-state index in [1.165, 1.54) is 0 Å². The molecule has 2 rings (SSSR count). The Morgan fingerprint density at radius 3 is 2.59 bits per heavy atom. The Morgan fingerprint density at radius 1 is 1.35 bits per heavy atom. The number of hydrogen-bond donors (Lipinski definition) is 2. The van der Waals surface area contributed by atoms with Crippen LogP contribution in [-0.4, -0.2) is 19.0 Å². The van der Waals surface area contributed by atoms with Crippen LogP contribution < -0.4 is 10.6 Å². The van der Waals surface area contributed by atoms with Crippen molar-refractivity contribution in [3.8, 4) is 0 Å². The Kier molecular flexibility index (Phi) is 3.48. The molecule has 2 N–H and O–H groups in total. The third kappa shape index (κ3) is 2.34. The van der Waals surface area contributed by atoms with E-state index in [1.54, 1.807) is 0 Å². The van der Waals surface area contributed by atoms with Crippen molar-refractivity contribution in [1.29, 1.82) is 0 Å². The molecule has 1 aromatic carbocycles. The van der Waals surface area contributed by atoms with Crippen LogP contribution in [0.5, 0.6) is 0 Å². The average molecular weight is 232 g/mol. The van der Waals surface area contributed by atoms with Gasteiger partial charge in [-0.05, 0) is 31.0 Å². The lowest BCUT2D eigenvalue weighted by molar-refractivity contribution is -0.126. The van der Waals surface area contributed by atoms with Crippen LogP contribution in [0.15, 0.2) is 30.3 Å². The third-order valence-electron chi connectivity index (χ3n) is 3.78. The lowest BCUT2D eigenvalue weighted by atomic mass is 9.75. The predicted octanol–water partition coefficient (Wildman–Crippen LogP) is 2.26. The Labute approximate surface area is 103 Å². The summed E-state index contributed by atoms with van der Waals surface area (Å²) >= 11 is 0. The summed E-state index contributed by atoms with van der Waals surface area (Å²) in [6.45, 7) is 5.96. The largest absolute Gasteiger partial charge is 0.326 e. The minimum absolute atomic E-state index is 0.142. The molecular weight excluding hydrogens is 212 g/mol. The maximum atomic E-state index is 12.4. The van der Waals surface area contributed by atoms with E-state index in [0.717, 1.165) is 25.2 Å². The van der Waals surface area contributed by atoms with Crippen molar-refractivity contribution in [2.24, 2.45) is 11.3 Å². The number of carbonyl (C=O) groups is 1. The normalized spacial score (nSPS) is 23.9. The van der Waals surface area contributed by atoms with Crippen molar-refractivity contribution < 1.29 is 4.79 Å². The number of amides is 1. The van der Waals surface area contributed by atoms with E-state index in [0.29, 0.717) is 5.92 Å². The highest BCUT2D eigenvalue weighted by molar-refractivity contribution is 5.95. The first-order chi connectivity index (χ1) is 8.15. The average Bonchev–Trinajstić information content (AvgIpc) is 2.80. The molecular formula is C14H20N2O. The van der Waals surface area contributed by atoms with Gasteiger partial charge in [-0.3, -0.25) is 4.79 Å². The van der Waals surface area contributed by atoms with Crippen LogP contribution in [0, 0.1) is 11.3 Å². The second-order valence-corrected chi connectivity index (χ2v) is 5.06. The van der Waals surface area contributed by atoms with Crippen molar-refractivity contribution in [1.82, 2.24) is 5.32 Å². The molecule has 1 aliphatic heterocycles. The second kappa shape index (κ2) is 4.88. The van der Waals surface area contributed by atoms with Gasteiger partial charge < -0.3 is 10.6 Å². The van der Waals surface area contributed by atoms with E-state index in [1.807, 2.05) is 30.3 Å². The van der Waals surface area contributed by atoms with Gasteiger partial charge in [0, 0.05) is 12.2 Å². The van der Waals surface area contributed by atoms with Gasteiger partial charge in [-0.25, -0.2) is 0 Å². The molecule has 1 heterocycles. The number of para-hydroxylation sites is 1. The molecule has 1 fully saturated rings. The molecule has 0 bridgehead atoms. The van der Waals surface area contributed by atoms with Crippen molar-refractivity contribution in [3.63, 3.8) is 0 Å². The molecule has 1 atom stereocenters. The molecule has 0 radical (unpaired) electrons. The first-order valence-corrected chi connectivity index (χ1v) is 6.22. The van der Waals surface area contributed by atoms with Crippen LogP contribution >= 0.6 is 0 Å². The summed E-state index contributed by atoms with van der Waals surface area (Å²) < 4.78 is 0. The van der Waals surface area contributed by atoms with Gasteiger partial charge in [0.2, 0.25) is 5.91 Å². The molecule has 0 aliphatic carbocycles. The van der Waals surface area contributed by atoms with Gasteiger partial charge in [0.25, 0.3) is 0 Å². The van der Waals surface area contributed by atoms with Gasteiger partial charge in [-0.1, -0.05) is 32.0 Å². The van der Waals surface area contributed by atoms with Crippen molar-refractivity contribution in [2.45, 2.75) is 20.3 Å². The zero-order chi connectivity index (χ0) is 12.3. The number of hydrogen-bond acceptors (Lipinski definition) is 2. The molecule has 17 heavy (non-hydrogen) atoms. The highest BCUT2D eigenvalue weighted by Gasteiger charge is 2.43. The summed E-state index contributed by atoms with van der Waals surface area (Å²) in [5, 5.41) is 6.33. The topological polar surface area (TPSA) is 41.1 Å². The van der Waals surface area contributed by atoms with Crippen LogP contribution in [0.3, 0.4) is 0 Å². The molecule has 1 saturated heterocycles. The fourth-order valence-electron chi connectivity index (χ4n) is 2.44. The van der Waals surface area contributed by atoms with Gasteiger partial charge in [-0.15, -0.1) is 0 Å². The summed E-state index contributed by atoms with van der Waals surface area (Å²) in [6.07, 6.45) is 0.920. The van der Waals surface area contributed by atoms with Gasteiger partial charge >= 0.3 is 0 Å². The number of carbonyl (C=O) groups excluding carboxylic acids is 1. The highest BCUT2D eigenvalue weighted by atomic mass is 16.2. The smallest absolute Gasteiger partial charge is 0.232 e. The molecule has 3 nitrogen and oxygen atoms in total. The van der Waals surface area contributed by atoms with Crippen LogP contribution in [0.2, 0.25) is 0 Å². The van der Waals surface area contributed by atoms with Crippen molar-refractivity contribution in [2.75, 3.05) is 18.4 Å². The Hall–Kier alpha value is -1.35. The zero-order valence-corrected chi connectivity index (χ0v) is 10.5. The summed E-state index contributed by atoms with van der Waals surface area (Å²) in [4.78, 5) is 12.4. The maximum Gasteiger partial charge on any atom is 0.232 e. The molecule has 92 valence electrons. The molecule has 3 heteroatoms. The quantitative estimate of drug-likeness (QED) is 0.839. The lowest BCUT2D eigenvalue weighted by Gasteiger charge is -2.31. The Morgan fingerprint density at radius 2 is 2.06 bits per heavy atom. The van der Waals surface area contributed by atoms with Crippen LogP contribution in [0.1, 0.15) is 20.3 Å². The van der Waals surface area contributed by atoms with Crippen LogP contribution in [-0.2, 0) is 4.79 Å². The van der Waals surface area contributed by atoms with E-state index in [-0.39, 0.29) is 11.3 Å². The SMILES string of the molecule is CC(C)C1(C(=O)Nc2ccccc2)CCNC1. The van der Waals surface area contributed by atoms with Crippen LogP contribution in [0.25, 0.3) is 0 Å². The number of anilines is 1.